The van der Waals surface area contributed by atoms with E-state index in [0.717, 1.165) is 37.2 Å². The zero-order chi connectivity index (χ0) is 12.3. The molecule has 3 nitrogen and oxygen atoms in total. The van der Waals surface area contributed by atoms with Gasteiger partial charge in [-0.05, 0) is 36.5 Å². The lowest BCUT2D eigenvalue weighted by atomic mass is 9.95. The van der Waals surface area contributed by atoms with E-state index in [0.29, 0.717) is 5.92 Å². The van der Waals surface area contributed by atoms with Crippen molar-refractivity contribution in [1.29, 1.82) is 0 Å². The van der Waals surface area contributed by atoms with Crippen LogP contribution in [0.5, 0.6) is 5.75 Å². The molecule has 92 valence electrons. The maximum Gasteiger partial charge on any atom is 0.207 e. The Morgan fingerprint density at radius 2 is 2.29 bits per heavy atom. The van der Waals surface area contributed by atoms with Crippen molar-refractivity contribution >= 4 is 6.41 Å². The molecule has 0 aliphatic carbocycles. The third kappa shape index (κ3) is 2.60. The minimum absolute atomic E-state index is 0.0868. The van der Waals surface area contributed by atoms with Gasteiger partial charge in [0, 0.05) is 5.56 Å². The Morgan fingerprint density at radius 1 is 1.47 bits per heavy atom. The lowest BCUT2D eigenvalue weighted by molar-refractivity contribution is -0.110. The molecule has 17 heavy (non-hydrogen) atoms. The first-order chi connectivity index (χ1) is 8.22. The van der Waals surface area contributed by atoms with Crippen LogP contribution in [0, 0.1) is 0 Å². The van der Waals surface area contributed by atoms with Crippen LogP contribution in [-0.4, -0.2) is 13.0 Å². The predicted octanol–water partition coefficient (Wildman–Crippen LogP) is 2.77. The van der Waals surface area contributed by atoms with Gasteiger partial charge in [-0.2, -0.15) is 0 Å². The number of amides is 1. The number of carbonyl (C=O) groups is 1. The smallest absolute Gasteiger partial charge is 0.207 e. The molecule has 1 aromatic carbocycles. The number of fused-ring (bicyclic) bond motifs is 1. The minimum Gasteiger partial charge on any atom is -0.493 e. The van der Waals surface area contributed by atoms with Gasteiger partial charge in [0.1, 0.15) is 5.75 Å². The zero-order valence-electron chi connectivity index (χ0n) is 10.4. The summed E-state index contributed by atoms with van der Waals surface area (Å²) in [5.41, 5.74) is 2.40. The van der Waals surface area contributed by atoms with Crippen molar-refractivity contribution in [1.82, 2.24) is 5.32 Å². The predicted molar refractivity (Wildman–Crippen MR) is 67.2 cm³/mol. The molecule has 3 heteroatoms. The molecule has 0 aromatic heterocycles. The van der Waals surface area contributed by atoms with E-state index in [-0.39, 0.29) is 6.04 Å². The van der Waals surface area contributed by atoms with Crippen molar-refractivity contribution in [2.24, 2.45) is 0 Å². The fourth-order valence-electron chi connectivity index (χ4n) is 2.21. The van der Waals surface area contributed by atoms with Crippen LogP contribution in [0.15, 0.2) is 18.2 Å². The van der Waals surface area contributed by atoms with Crippen molar-refractivity contribution in [3.63, 3.8) is 0 Å². The van der Waals surface area contributed by atoms with Crippen LogP contribution in [0.3, 0.4) is 0 Å². The van der Waals surface area contributed by atoms with E-state index in [4.69, 9.17) is 4.74 Å². The number of benzene rings is 1. The molecular formula is C14H19NO2. The van der Waals surface area contributed by atoms with Crippen LogP contribution in [0.25, 0.3) is 0 Å². The van der Waals surface area contributed by atoms with E-state index in [2.05, 4.69) is 31.3 Å². The fourth-order valence-corrected chi connectivity index (χ4v) is 2.21. The Labute approximate surface area is 102 Å². The molecule has 1 aliphatic heterocycles. The first-order valence-corrected chi connectivity index (χ1v) is 6.18. The third-order valence-electron chi connectivity index (χ3n) is 3.24. The SMILES string of the molecule is CC(C)c1ccc2c(c1)C(NC=O)CCCO2. The van der Waals surface area contributed by atoms with E-state index < -0.39 is 0 Å². The molecule has 1 N–H and O–H groups in total. The summed E-state index contributed by atoms with van der Waals surface area (Å²) in [6, 6.07) is 6.37. The Kier molecular flexibility index (Phi) is 3.67. The molecule has 0 saturated heterocycles. The van der Waals surface area contributed by atoms with E-state index in [9.17, 15) is 4.79 Å². The number of rotatable bonds is 3. The number of hydrogen-bond donors (Lipinski definition) is 1. The second-order valence-electron chi connectivity index (χ2n) is 4.78. The summed E-state index contributed by atoms with van der Waals surface area (Å²) in [6.45, 7) is 5.06. The maximum atomic E-state index is 10.7. The van der Waals surface area contributed by atoms with Gasteiger partial charge in [-0.1, -0.05) is 19.9 Å². The molecule has 0 radical (unpaired) electrons. The average molecular weight is 233 g/mol. The van der Waals surface area contributed by atoms with Crippen molar-refractivity contribution in [3.05, 3.63) is 29.3 Å². The standard InChI is InChI=1S/C14H19NO2/c1-10(2)11-5-6-14-12(8-11)13(15-9-16)4-3-7-17-14/h5-6,8-10,13H,3-4,7H2,1-2H3,(H,15,16). The minimum atomic E-state index is 0.0868. The third-order valence-corrected chi connectivity index (χ3v) is 3.24. The van der Waals surface area contributed by atoms with Gasteiger partial charge in [0.05, 0.1) is 12.6 Å². The average Bonchev–Trinajstić information content (AvgIpc) is 2.52. The molecule has 1 unspecified atom stereocenters. The van der Waals surface area contributed by atoms with E-state index in [1.165, 1.54) is 5.56 Å². The van der Waals surface area contributed by atoms with Crippen LogP contribution in [-0.2, 0) is 4.79 Å². The highest BCUT2D eigenvalue weighted by Crippen LogP contribution is 2.33. The summed E-state index contributed by atoms with van der Waals surface area (Å²) in [5, 5.41) is 2.89. The number of hydrogen-bond acceptors (Lipinski definition) is 2. The topological polar surface area (TPSA) is 38.3 Å². The van der Waals surface area contributed by atoms with Gasteiger partial charge >= 0.3 is 0 Å². The first-order valence-electron chi connectivity index (χ1n) is 6.18. The Morgan fingerprint density at radius 3 is 3.00 bits per heavy atom. The summed E-state index contributed by atoms with van der Waals surface area (Å²) in [4.78, 5) is 10.7. The van der Waals surface area contributed by atoms with Crippen LogP contribution in [0.2, 0.25) is 0 Å². The van der Waals surface area contributed by atoms with Crippen molar-refractivity contribution in [2.45, 2.75) is 38.6 Å². The fraction of sp³-hybridized carbons (Fsp3) is 0.500. The lowest BCUT2D eigenvalue weighted by Crippen LogP contribution is -2.19. The van der Waals surface area contributed by atoms with Crippen LogP contribution >= 0.6 is 0 Å². The highest BCUT2D eigenvalue weighted by Gasteiger charge is 2.19. The summed E-state index contributed by atoms with van der Waals surface area (Å²) in [5.74, 6) is 1.40. The van der Waals surface area contributed by atoms with Crippen LogP contribution in [0.4, 0.5) is 0 Å². The molecule has 1 aromatic rings. The summed E-state index contributed by atoms with van der Waals surface area (Å²) < 4.78 is 5.70. The molecule has 0 fully saturated rings. The quantitative estimate of drug-likeness (QED) is 0.815. The Bertz CT molecular complexity index is 401. The molecular weight excluding hydrogens is 214 g/mol. The van der Waals surface area contributed by atoms with Gasteiger partial charge < -0.3 is 10.1 Å². The second kappa shape index (κ2) is 5.21. The molecule has 1 atom stereocenters. The zero-order valence-corrected chi connectivity index (χ0v) is 10.4. The first kappa shape index (κ1) is 12.0. The maximum absolute atomic E-state index is 10.7. The molecule has 1 heterocycles. The highest BCUT2D eigenvalue weighted by atomic mass is 16.5. The van der Waals surface area contributed by atoms with Crippen molar-refractivity contribution < 1.29 is 9.53 Å². The normalized spacial score (nSPS) is 19.1. The van der Waals surface area contributed by atoms with E-state index >= 15 is 0 Å². The van der Waals surface area contributed by atoms with Gasteiger partial charge in [0.25, 0.3) is 0 Å². The van der Waals surface area contributed by atoms with Gasteiger partial charge in [-0.3, -0.25) is 4.79 Å². The summed E-state index contributed by atoms with van der Waals surface area (Å²) in [6.07, 6.45) is 2.69. The highest BCUT2D eigenvalue weighted by molar-refractivity contribution is 5.50. The lowest BCUT2D eigenvalue weighted by Gasteiger charge is -2.17. The number of nitrogens with one attached hydrogen (secondary N) is 1. The van der Waals surface area contributed by atoms with Crippen molar-refractivity contribution in [3.8, 4) is 5.75 Å². The van der Waals surface area contributed by atoms with Gasteiger partial charge in [0.2, 0.25) is 6.41 Å². The van der Waals surface area contributed by atoms with Gasteiger partial charge in [-0.25, -0.2) is 0 Å². The van der Waals surface area contributed by atoms with E-state index in [1.807, 2.05) is 6.07 Å². The molecule has 2 rings (SSSR count). The largest absolute Gasteiger partial charge is 0.493 e. The molecule has 1 amide bonds. The Balaban J connectivity index is 2.38. The van der Waals surface area contributed by atoms with Crippen LogP contribution < -0.4 is 10.1 Å². The number of carbonyl (C=O) groups excluding carboxylic acids is 1. The molecule has 0 saturated carbocycles. The number of ether oxygens (including phenoxy) is 1. The van der Waals surface area contributed by atoms with Gasteiger partial charge in [0.15, 0.2) is 0 Å². The Hall–Kier alpha value is -1.51. The molecule has 0 spiro atoms. The second-order valence-corrected chi connectivity index (χ2v) is 4.78. The van der Waals surface area contributed by atoms with Gasteiger partial charge in [-0.15, -0.1) is 0 Å². The van der Waals surface area contributed by atoms with Crippen molar-refractivity contribution in [2.75, 3.05) is 6.61 Å². The molecule has 0 bridgehead atoms. The van der Waals surface area contributed by atoms with E-state index in [1.54, 1.807) is 0 Å². The summed E-state index contributed by atoms with van der Waals surface area (Å²) >= 11 is 0. The monoisotopic (exact) mass is 233 g/mol. The van der Waals surface area contributed by atoms with Crippen LogP contribution in [0.1, 0.15) is 49.8 Å². The molecule has 1 aliphatic rings. The summed E-state index contributed by atoms with van der Waals surface area (Å²) in [7, 11) is 0.